The van der Waals surface area contributed by atoms with Crippen molar-refractivity contribution in [2.75, 3.05) is 19.8 Å². The summed E-state index contributed by atoms with van der Waals surface area (Å²) in [5.74, 6) is 0.549. The monoisotopic (exact) mass is 223 g/mol. The highest BCUT2D eigenvalue weighted by molar-refractivity contribution is 5.15. The zero-order valence-corrected chi connectivity index (χ0v) is 9.42. The van der Waals surface area contributed by atoms with Gasteiger partial charge in [0.2, 0.25) is 0 Å². The molecule has 2 nitrogen and oxygen atoms in total. The Hall–Kier alpha value is -0.930. The molecule has 0 amide bonds. The number of nitrogens with one attached hydrogen (secondary N) is 1. The zero-order valence-electron chi connectivity index (χ0n) is 9.42. The number of hydrogen-bond acceptors (Lipinski definition) is 2. The Balaban J connectivity index is 1.62. The molecule has 1 N–H and O–H groups in total. The summed E-state index contributed by atoms with van der Waals surface area (Å²) in [6, 6.07) is 6.64. The number of halogens is 1. The van der Waals surface area contributed by atoms with Crippen molar-refractivity contribution in [3.05, 3.63) is 35.6 Å². The molecule has 1 aliphatic heterocycles. The molecule has 0 aliphatic carbocycles. The maximum absolute atomic E-state index is 12.6. The first-order chi connectivity index (χ1) is 7.84. The Kier molecular flexibility index (Phi) is 4.31. The van der Waals surface area contributed by atoms with Crippen molar-refractivity contribution in [1.82, 2.24) is 5.32 Å². The van der Waals surface area contributed by atoms with Gasteiger partial charge in [0.1, 0.15) is 5.82 Å². The van der Waals surface area contributed by atoms with Crippen LogP contribution in [-0.2, 0) is 11.3 Å². The van der Waals surface area contributed by atoms with Crippen LogP contribution in [0.25, 0.3) is 0 Å². The predicted octanol–water partition coefficient (Wildman–Crippen LogP) is 2.34. The second-order valence-corrected chi connectivity index (χ2v) is 4.32. The average Bonchev–Trinajstić information content (AvgIpc) is 2.80. The van der Waals surface area contributed by atoms with E-state index in [4.69, 9.17) is 4.74 Å². The second kappa shape index (κ2) is 5.97. The third kappa shape index (κ3) is 3.58. The first-order valence-corrected chi connectivity index (χ1v) is 5.87. The molecule has 1 aliphatic rings. The summed E-state index contributed by atoms with van der Waals surface area (Å²) in [6.45, 7) is 3.65. The number of ether oxygens (including phenoxy) is 1. The van der Waals surface area contributed by atoms with E-state index in [-0.39, 0.29) is 5.82 Å². The molecule has 0 saturated carbocycles. The third-order valence-electron chi connectivity index (χ3n) is 3.00. The Labute approximate surface area is 95.8 Å². The highest BCUT2D eigenvalue weighted by atomic mass is 19.1. The fourth-order valence-electron chi connectivity index (χ4n) is 1.95. The van der Waals surface area contributed by atoms with Gasteiger partial charge >= 0.3 is 0 Å². The van der Waals surface area contributed by atoms with Gasteiger partial charge in [-0.1, -0.05) is 12.1 Å². The Morgan fingerprint density at radius 1 is 1.31 bits per heavy atom. The van der Waals surface area contributed by atoms with Crippen LogP contribution in [0.1, 0.15) is 18.4 Å². The van der Waals surface area contributed by atoms with Crippen molar-refractivity contribution in [3.8, 4) is 0 Å². The van der Waals surface area contributed by atoms with Gasteiger partial charge in [0.05, 0.1) is 0 Å². The van der Waals surface area contributed by atoms with Crippen LogP contribution in [0, 0.1) is 11.7 Å². The van der Waals surface area contributed by atoms with Crippen LogP contribution < -0.4 is 5.32 Å². The molecule has 1 atom stereocenters. The van der Waals surface area contributed by atoms with E-state index in [1.54, 1.807) is 0 Å². The van der Waals surface area contributed by atoms with Crippen molar-refractivity contribution >= 4 is 0 Å². The van der Waals surface area contributed by atoms with Gasteiger partial charge < -0.3 is 10.1 Å². The molecular weight excluding hydrogens is 205 g/mol. The van der Waals surface area contributed by atoms with Gasteiger partial charge in [-0.3, -0.25) is 0 Å². The average molecular weight is 223 g/mol. The van der Waals surface area contributed by atoms with E-state index in [0.717, 1.165) is 37.8 Å². The maximum Gasteiger partial charge on any atom is 0.123 e. The Morgan fingerprint density at radius 2 is 2.12 bits per heavy atom. The van der Waals surface area contributed by atoms with Crippen LogP contribution in [0.3, 0.4) is 0 Å². The van der Waals surface area contributed by atoms with E-state index in [2.05, 4.69) is 5.32 Å². The smallest absolute Gasteiger partial charge is 0.123 e. The quantitative estimate of drug-likeness (QED) is 0.774. The zero-order chi connectivity index (χ0) is 11.2. The molecule has 3 heteroatoms. The van der Waals surface area contributed by atoms with Crippen LogP contribution in [0.15, 0.2) is 24.3 Å². The van der Waals surface area contributed by atoms with Crippen molar-refractivity contribution in [3.63, 3.8) is 0 Å². The summed E-state index contributed by atoms with van der Waals surface area (Å²) in [4.78, 5) is 0. The topological polar surface area (TPSA) is 21.3 Å². The first-order valence-electron chi connectivity index (χ1n) is 5.87. The van der Waals surface area contributed by atoms with Crippen LogP contribution in [0.5, 0.6) is 0 Å². The largest absolute Gasteiger partial charge is 0.381 e. The lowest BCUT2D eigenvalue weighted by molar-refractivity contribution is 0.184. The van der Waals surface area contributed by atoms with Crippen LogP contribution in [-0.4, -0.2) is 19.8 Å². The van der Waals surface area contributed by atoms with E-state index >= 15 is 0 Å². The lowest BCUT2D eigenvalue weighted by Gasteiger charge is -2.08. The Morgan fingerprint density at radius 3 is 2.81 bits per heavy atom. The first kappa shape index (κ1) is 11.6. The van der Waals surface area contributed by atoms with Crippen molar-refractivity contribution in [2.45, 2.75) is 19.4 Å². The molecule has 88 valence electrons. The summed E-state index contributed by atoms with van der Waals surface area (Å²) < 4.78 is 18.0. The minimum Gasteiger partial charge on any atom is -0.381 e. The molecule has 2 rings (SSSR count). The molecule has 0 radical (unpaired) electrons. The Bertz CT molecular complexity index is 306. The summed E-state index contributed by atoms with van der Waals surface area (Å²) in [7, 11) is 0. The summed E-state index contributed by atoms with van der Waals surface area (Å²) in [5, 5.41) is 3.37. The minimum absolute atomic E-state index is 0.174. The van der Waals surface area contributed by atoms with Crippen molar-refractivity contribution in [1.29, 1.82) is 0 Å². The molecule has 1 unspecified atom stereocenters. The summed E-state index contributed by atoms with van der Waals surface area (Å²) in [5.41, 5.74) is 1.13. The second-order valence-electron chi connectivity index (χ2n) is 4.32. The van der Waals surface area contributed by atoms with Gasteiger partial charge in [-0.15, -0.1) is 0 Å². The molecule has 1 aromatic carbocycles. The SMILES string of the molecule is Fc1ccc(CNCCC2CCOC2)cc1. The van der Waals surface area contributed by atoms with Crippen LogP contribution >= 0.6 is 0 Å². The van der Waals surface area contributed by atoms with Gasteiger partial charge in [0.25, 0.3) is 0 Å². The lowest BCUT2D eigenvalue weighted by atomic mass is 10.1. The van der Waals surface area contributed by atoms with E-state index < -0.39 is 0 Å². The molecule has 0 spiro atoms. The summed E-state index contributed by atoms with van der Waals surface area (Å²) >= 11 is 0. The molecule has 16 heavy (non-hydrogen) atoms. The molecule has 1 heterocycles. The van der Waals surface area contributed by atoms with Gasteiger partial charge in [-0.25, -0.2) is 4.39 Å². The predicted molar refractivity (Wildman–Crippen MR) is 61.6 cm³/mol. The van der Waals surface area contributed by atoms with Gasteiger partial charge in [0, 0.05) is 19.8 Å². The van der Waals surface area contributed by atoms with Crippen molar-refractivity contribution < 1.29 is 9.13 Å². The van der Waals surface area contributed by atoms with Gasteiger partial charge in [-0.2, -0.15) is 0 Å². The van der Waals surface area contributed by atoms with E-state index in [0.29, 0.717) is 0 Å². The van der Waals surface area contributed by atoms with Crippen LogP contribution in [0.2, 0.25) is 0 Å². The minimum atomic E-state index is -0.174. The van der Waals surface area contributed by atoms with E-state index in [1.165, 1.54) is 25.0 Å². The molecular formula is C13H18FNO. The number of benzene rings is 1. The highest BCUT2D eigenvalue weighted by Gasteiger charge is 2.14. The lowest BCUT2D eigenvalue weighted by Crippen LogP contribution is -2.17. The molecule has 1 aromatic rings. The highest BCUT2D eigenvalue weighted by Crippen LogP contribution is 2.15. The molecule has 0 bridgehead atoms. The van der Waals surface area contributed by atoms with E-state index in [1.807, 2.05) is 12.1 Å². The van der Waals surface area contributed by atoms with Gasteiger partial charge in [0.15, 0.2) is 0 Å². The summed E-state index contributed by atoms with van der Waals surface area (Å²) in [6.07, 6.45) is 2.36. The molecule has 1 saturated heterocycles. The number of rotatable bonds is 5. The maximum atomic E-state index is 12.6. The van der Waals surface area contributed by atoms with Gasteiger partial charge in [-0.05, 0) is 43.0 Å². The fraction of sp³-hybridized carbons (Fsp3) is 0.538. The van der Waals surface area contributed by atoms with E-state index in [9.17, 15) is 4.39 Å². The van der Waals surface area contributed by atoms with Crippen LogP contribution in [0.4, 0.5) is 4.39 Å². The van der Waals surface area contributed by atoms with Crippen molar-refractivity contribution in [2.24, 2.45) is 5.92 Å². The molecule has 0 aromatic heterocycles. The third-order valence-corrected chi connectivity index (χ3v) is 3.00. The standard InChI is InChI=1S/C13H18FNO/c14-13-3-1-11(2-4-13)9-15-7-5-12-6-8-16-10-12/h1-4,12,15H,5-10H2. The molecule has 1 fully saturated rings. The fourth-order valence-corrected chi connectivity index (χ4v) is 1.95. The number of hydrogen-bond donors (Lipinski definition) is 1. The normalized spacial score (nSPS) is 20.2.